The van der Waals surface area contributed by atoms with Crippen LogP contribution in [0, 0.1) is 6.92 Å². The highest BCUT2D eigenvalue weighted by molar-refractivity contribution is 8.27. The van der Waals surface area contributed by atoms with E-state index >= 15 is 0 Å². The summed E-state index contributed by atoms with van der Waals surface area (Å²) in [6.45, 7) is 2.02. The molecule has 2 aromatic rings. The van der Waals surface area contributed by atoms with E-state index in [0.29, 0.717) is 25.7 Å². The fourth-order valence-corrected chi connectivity index (χ4v) is 4.60. The minimum atomic E-state index is -0.131. The SMILES string of the molecule is COc1ccc(N2C(=O)/C(=C\c3sccc3C)SC2=S)cc1Cl. The van der Waals surface area contributed by atoms with E-state index in [4.69, 9.17) is 28.6 Å². The Kier molecular flexibility index (Phi) is 4.77. The number of halogens is 1. The van der Waals surface area contributed by atoms with Crippen molar-refractivity contribution < 1.29 is 9.53 Å². The average Bonchev–Trinajstić information content (AvgIpc) is 3.03. The first kappa shape index (κ1) is 16.5. The van der Waals surface area contributed by atoms with Crippen molar-refractivity contribution >= 4 is 68.9 Å². The Morgan fingerprint density at radius 2 is 2.13 bits per heavy atom. The molecule has 1 fully saturated rings. The van der Waals surface area contributed by atoms with Crippen LogP contribution in [0.4, 0.5) is 5.69 Å². The van der Waals surface area contributed by atoms with Crippen LogP contribution >= 0.6 is 46.9 Å². The second-order valence-electron chi connectivity index (χ2n) is 4.80. The molecule has 7 heteroatoms. The number of hydrogen-bond acceptors (Lipinski definition) is 5. The number of benzene rings is 1. The zero-order chi connectivity index (χ0) is 16.6. The minimum absolute atomic E-state index is 0.131. The molecule has 0 atom stereocenters. The molecule has 1 aromatic heterocycles. The van der Waals surface area contributed by atoms with E-state index in [1.165, 1.54) is 16.7 Å². The van der Waals surface area contributed by atoms with Gasteiger partial charge in [0.25, 0.3) is 5.91 Å². The van der Waals surface area contributed by atoms with Crippen molar-refractivity contribution in [2.24, 2.45) is 0 Å². The summed E-state index contributed by atoms with van der Waals surface area (Å²) in [4.78, 5) is 15.9. The summed E-state index contributed by atoms with van der Waals surface area (Å²) in [5.41, 5.74) is 1.79. The molecule has 0 aliphatic carbocycles. The summed E-state index contributed by atoms with van der Waals surface area (Å²) in [6.07, 6.45) is 1.89. The maximum Gasteiger partial charge on any atom is 0.270 e. The number of aryl methyl sites for hydroxylation is 1. The molecular weight excluding hydrogens is 370 g/mol. The van der Waals surface area contributed by atoms with Gasteiger partial charge in [-0.25, -0.2) is 0 Å². The van der Waals surface area contributed by atoms with Gasteiger partial charge in [-0.1, -0.05) is 35.6 Å². The first-order valence-corrected chi connectivity index (χ1v) is 9.15. The Morgan fingerprint density at radius 3 is 2.74 bits per heavy atom. The van der Waals surface area contributed by atoms with Crippen LogP contribution in [-0.2, 0) is 4.79 Å². The molecule has 2 heterocycles. The van der Waals surface area contributed by atoms with Crippen molar-refractivity contribution in [1.82, 2.24) is 0 Å². The van der Waals surface area contributed by atoms with Gasteiger partial charge in [0.05, 0.1) is 22.7 Å². The third-order valence-corrected chi connectivity index (χ3v) is 5.91. The van der Waals surface area contributed by atoms with Gasteiger partial charge in [0.2, 0.25) is 0 Å². The van der Waals surface area contributed by atoms with Crippen LogP contribution in [0.3, 0.4) is 0 Å². The largest absolute Gasteiger partial charge is 0.495 e. The topological polar surface area (TPSA) is 29.5 Å². The number of nitrogens with zero attached hydrogens (tertiary/aromatic N) is 1. The lowest BCUT2D eigenvalue weighted by Gasteiger charge is -2.15. The first-order valence-electron chi connectivity index (χ1n) is 6.67. The van der Waals surface area contributed by atoms with Crippen LogP contribution in [0.1, 0.15) is 10.4 Å². The van der Waals surface area contributed by atoms with Crippen LogP contribution < -0.4 is 9.64 Å². The number of carbonyl (C=O) groups is 1. The molecule has 1 saturated heterocycles. The van der Waals surface area contributed by atoms with Crippen molar-refractivity contribution in [1.29, 1.82) is 0 Å². The van der Waals surface area contributed by atoms with E-state index in [-0.39, 0.29) is 5.91 Å². The lowest BCUT2D eigenvalue weighted by atomic mass is 10.2. The molecule has 1 aromatic carbocycles. The van der Waals surface area contributed by atoms with Crippen LogP contribution in [-0.4, -0.2) is 17.3 Å². The number of thioether (sulfide) groups is 1. The fraction of sp³-hybridized carbons (Fsp3) is 0.125. The summed E-state index contributed by atoms with van der Waals surface area (Å²) in [5, 5.41) is 2.45. The first-order chi connectivity index (χ1) is 11.0. The number of anilines is 1. The Bertz CT molecular complexity index is 828. The zero-order valence-electron chi connectivity index (χ0n) is 12.3. The van der Waals surface area contributed by atoms with Crippen molar-refractivity contribution in [3.05, 3.63) is 50.0 Å². The molecular formula is C16H12ClNO2S3. The van der Waals surface area contributed by atoms with Gasteiger partial charge in [-0.2, -0.15) is 0 Å². The lowest BCUT2D eigenvalue weighted by Crippen LogP contribution is -2.27. The van der Waals surface area contributed by atoms with E-state index in [1.807, 2.05) is 24.4 Å². The molecule has 118 valence electrons. The van der Waals surface area contributed by atoms with E-state index < -0.39 is 0 Å². The molecule has 0 radical (unpaired) electrons. The van der Waals surface area contributed by atoms with Gasteiger partial charge in [0.1, 0.15) is 5.75 Å². The van der Waals surface area contributed by atoms with Gasteiger partial charge >= 0.3 is 0 Å². The van der Waals surface area contributed by atoms with E-state index in [0.717, 1.165) is 10.4 Å². The highest BCUT2D eigenvalue weighted by Gasteiger charge is 2.33. The third-order valence-electron chi connectivity index (χ3n) is 3.35. The van der Waals surface area contributed by atoms with Gasteiger partial charge in [-0.3, -0.25) is 9.69 Å². The molecule has 1 aliphatic heterocycles. The predicted octanol–water partition coefficient (Wildman–Crippen LogP) is 5.12. The Morgan fingerprint density at radius 1 is 1.35 bits per heavy atom. The average molecular weight is 382 g/mol. The third kappa shape index (κ3) is 3.17. The highest BCUT2D eigenvalue weighted by Crippen LogP contribution is 2.39. The number of carbonyl (C=O) groups excluding carboxylic acids is 1. The molecule has 1 aliphatic rings. The molecule has 3 rings (SSSR count). The summed E-state index contributed by atoms with van der Waals surface area (Å²) < 4.78 is 5.63. The Hall–Kier alpha value is -1.34. The van der Waals surface area contributed by atoms with Gasteiger partial charge in [-0.05, 0) is 48.2 Å². The summed E-state index contributed by atoms with van der Waals surface area (Å²) in [5.74, 6) is 0.430. The number of rotatable bonds is 3. The molecule has 23 heavy (non-hydrogen) atoms. The van der Waals surface area contributed by atoms with Crippen LogP contribution in [0.15, 0.2) is 34.6 Å². The second kappa shape index (κ2) is 6.65. The summed E-state index contributed by atoms with van der Waals surface area (Å²) in [6, 6.07) is 7.21. The van der Waals surface area contributed by atoms with Gasteiger partial charge in [0, 0.05) is 4.88 Å². The lowest BCUT2D eigenvalue weighted by molar-refractivity contribution is -0.113. The number of thiocarbonyl (C=S) groups is 1. The number of amides is 1. The normalized spacial score (nSPS) is 16.5. The van der Waals surface area contributed by atoms with Gasteiger partial charge in [0.15, 0.2) is 4.32 Å². The van der Waals surface area contributed by atoms with Crippen molar-refractivity contribution in [2.75, 3.05) is 12.0 Å². The molecule has 0 N–H and O–H groups in total. The molecule has 0 unspecified atom stereocenters. The molecule has 0 bridgehead atoms. The molecule has 1 amide bonds. The van der Waals surface area contributed by atoms with E-state index in [9.17, 15) is 4.79 Å². The zero-order valence-corrected chi connectivity index (χ0v) is 15.5. The van der Waals surface area contributed by atoms with Gasteiger partial charge in [-0.15, -0.1) is 11.3 Å². The molecule has 0 saturated carbocycles. The smallest absolute Gasteiger partial charge is 0.270 e. The number of thiophene rings is 1. The van der Waals surface area contributed by atoms with Gasteiger partial charge < -0.3 is 4.74 Å². The molecule has 0 spiro atoms. The number of ether oxygens (including phenoxy) is 1. The Labute approximate surface area is 152 Å². The van der Waals surface area contributed by atoms with Crippen LogP contribution in [0.25, 0.3) is 6.08 Å². The van der Waals surface area contributed by atoms with Crippen molar-refractivity contribution in [3.63, 3.8) is 0 Å². The number of methoxy groups -OCH3 is 1. The second-order valence-corrected chi connectivity index (χ2v) is 7.83. The van der Waals surface area contributed by atoms with Crippen LogP contribution in [0.2, 0.25) is 5.02 Å². The highest BCUT2D eigenvalue weighted by atomic mass is 35.5. The van der Waals surface area contributed by atoms with Crippen molar-refractivity contribution in [2.45, 2.75) is 6.92 Å². The minimum Gasteiger partial charge on any atom is -0.495 e. The van der Waals surface area contributed by atoms with Crippen LogP contribution in [0.5, 0.6) is 5.75 Å². The summed E-state index contributed by atoms with van der Waals surface area (Å²) in [7, 11) is 1.55. The van der Waals surface area contributed by atoms with Crippen molar-refractivity contribution in [3.8, 4) is 5.75 Å². The monoisotopic (exact) mass is 381 g/mol. The quantitative estimate of drug-likeness (QED) is 0.544. The van der Waals surface area contributed by atoms with E-state index in [2.05, 4.69) is 0 Å². The maximum absolute atomic E-state index is 12.7. The maximum atomic E-state index is 12.7. The molecule has 3 nitrogen and oxygen atoms in total. The number of hydrogen-bond donors (Lipinski definition) is 0. The van der Waals surface area contributed by atoms with E-state index in [1.54, 1.807) is 36.6 Å². The standard InChI is InChI=1S/C16H12ClNO2S3/c1-9-5-6-22-13(9)8-14-15(19)18(16(21)23-14)10-3-4-12(20-2)11(17)7-10/h3-8H,1-2H3/b14-8+. The fourth-order valence-electron chi connectivity index (χ4n) is 2.14. The Balaban J connectivity index is 1.94. The summed E-state index contributed by atoms with van der Waals surface area (Å²) >= 11 is 14.4. The predicted molar refractivity (Wildman–Crippen MR) is 103 cm³/mol.